The van der Waals surface area contributed by atoms with E-state index < -0.39 is 6.10 Å². The lowest BCUT2D eigenvalue weighted by Crippen LogP contribution is -2.30. The highest BCUT2D eigenvalue weighted by atomic mass is 16.6. The van der Waals surface area contributed by atoms with Gasteiger partial charge in [-0.05, 0) is 103 Å². The predicted molar refractivity (Wildman–Crippen MR) is 265 cm³/mol. The van der Waals surface area contributed by atoms with Gasteiger partial charge in [0, 0.05) is 19.3 Å². The summed E-state index contributed by atoms with van der Waals surface area (Å²) in [6, 6.07) is 0. The zero-order valence-electron chi connectivity index (χ0n) is 40.4. The van der Waals surface area contributed by atoms with E-state index in [0.29, 0.717) is 19.3 Å². The molecule has 0 saturated heterocycles. The third-order valence-electron chi connectivity index (χ3n) is 10.6. The number of ether oxygens (including phenoxy) is 3. The first-order valence-electron chi connectivity index (χ1n) is 25.6. The van der Waals surface area contributed by atoms with Crippen molar-refractivity contribution in [3.63, 3.8) is 0 Å². The molecule has 62 heavy (non-hydrogen) atoms. The molecule has 354 valence electrons. The zero-order valence-corrected chi connectivity index (χ0v) is 40.4. The SMILES string of the molecule is CC/C=C\C/C=C\C/C=C\C/C=C\C/C=C\CCCC(=O)OCC(COC(=O)CCCCCCC/C=C\CCCC)OC(=O)CCCCCCC/C=C\CCCCCCCCC. The summed E-state index contributed by atoms with van der Waals surface area (Å²) in [5.41, 5.74) is 0. The van der Waals surface area contributed by atoms with Gasteiger partial charge in [0.15, 0.2) is 6.10 Å². The Kier molecular flexibility index (Phi) is 47.5. The van der Waals surface area contributed by atoms with Crippen molar-refractivity contribution in [2.24, 2.45) is 0 Å². The van der Waals surface area contributed by atoms with Crippen LogP contribution in [0.15, 0.2) is 85.1 Å². The first-order chi connectivity index (χ1) is 30.5. The molecule has 6 heteroatoms. The maximum Gasteiger partial charge on any atom is 0.306 e. The minimum atomic E-state index is -0.806. The van der Waals surface area contributed by atoms with Crippen LogP contribution < -0.4 is 0 Å². The Morgan fingerprint density at radius 3 is 1.11 bits per heavy atom. The molecule has 0 heterocycles. The van der Waals surface area contributed by atoms with Crippen LogP contribution in [0.4, 0.5) is 0 Å². The lowest BCUT2D eigenvalue weighted by atomic mass is 10.1. The Hall–Kier alpha value is -3.41. The van der Waals surface area contributed by atoms with Gasteiger partial charge in [0.05, 0.1) is 0 Å². The van der Waals surface area contributed by atoms with Crippen molar-refractivity contribution in [2.75, 3.05) is 13.2 Å². The van der Waals surface area contributed by atoms with E-state index in [0.717, 1.165) is 103 Å². The fourth-order valence-electron chi connectivity index (χ4n) is 6.75. The number of allylic oxidation sites excluding steroid dienone is 14. The van der Waals surface area contributed by atoms with Gasteiger partial charge in [-0.2, -0.15) is 0 Å². The molecular weight excluding hydrogens is 769 g/mol. The van der Waals surface area contributed by atoms with E-state index in [1.165, 1.54) is 83.5 Å². The molecule has 0 aromatic carbocycles. The van der Waals surface area contributed by atoms with Crippen LogP contribution in [0.2, 0.25) is 0 Å². The molecule has 0 N–H and O–H groups in total. The summed E-state index contributed by atoms with van der Waals surface area (Å²) >= 11 is 0. The van der Waals surface area contributed by atoms with Crippen LogP contribution in [0.3, 0.4) is 0 Å². The monoisotopic (exact) mass is 863 g/mol. The van der Waals surface area contributed by atoms with E-state index in [9.17, 15) is 14.4 Å². The number of carbonyl (C=O) groups excluding carboxylic acids is 3. The molecule has 0 rings (SSSR count). The van der Waals surface area contributed by atoms with E-state index >= 15 is 0 Å². The normalized spacial score (nSPS) is 12.8. The average molecular weight is 863 g/mol. The summed E-state index contributed by atoms with van der Waals surface area (Å²) in [5.74, 6) is -0.983. The Bertz CT molecular complexity index is 1220. The van der Waals surface area contributed by atoms with E-state index in [1.807, 2.05) is 0 Å². The van der Waals surface area contributed by atoms with Gasteiger partial charge in [-0.15, -0.1) is 0 Å². The number of esters is 3. The fraction of sp³-hybridized carbons (Fsp3) is 0.696. The molecule has 0 aromatic rings. The number of rotatable bonds is 45. The molecule has 0 aliphatic rings. The van der Waals surface area contributed by atoms with Crippen molar-refractivity contribution in [1.82, 2.24) is 0 Å². The number of unbranched alkanes of at least 4 members (excludes halogenated alkanes) is 20. The summed E-state index contributed by atoms with van der Waals surface area (Å²) in [4.78, 5) is 37.9. The van der Waals surface area contributed by atoms with Crippen LogP contribution in [0.5, 0.6) is 0 Å². The molecule has 1 atom stereocenters. The Labute approximate surface area is 382 Å². The summed E-state index contributed by atoms with van der Waals surface area (Å²) in [5, 5.41) is 0. The fourth-order valence-corrected chi connectivity index (χ4v) is 6.75. The Balaban J connectivity index is 4.48. The van der Waals surface area contributed by atoms with E-state index in [2.05, 4.69) is 106 Å². The molecule has 0 amide bonds. The van der Waals surface area contributed by atoms with Crippen molar-refractivity contribution < 1.29 is 28.6 Å². The van der Waals surface area contributed by atoms with Gasteiger partial charge >= 0.3 is 17.9 Å². The average Bonchev–Trinajstić information content (AvgIpc) is 3.27. The lowest BCUT2D eigenvalue weighted by molar-refractivity contribution is -0.167. The highest BCUT2D eigenvalue weighted by molar-refractivity contribution is 5.71. The van der Waals surface area contributed by atoms with Gasteiger partial charge < -0.3 is 14.2 Å². The highest BCUT2D eigenvalue weighted by Gasteiger charge is 2.19. The maximum atomic E-state index is 12.8. The van der Waals surface area contributed by atoms with E-state index in [4.69, 9.17) is 14.2 Å². The molecule has 0 saturated carbocycles. The molecule has 0 fully saturated rings. The predicted octanol–water partition coefficient (Wildman–Crippen LogP) is 16.8. The highest BCUT2D eigenvalue weighted by Crippen LogP contribution is 2.13. The second-order valence-corrected chi connectivity index (χ2v) is 16.7. The van der Waals surface area contributed by atoms with Crippen LogP contribution in [0.25, 0.3) is 0 Å². The van der Waals surface area contributed by atoms with Gasteiger partial charge in [0.2, 0.25) is 0 Å². The second-order valence-electron chi connectivity index (χ2n) is 16.7. The Morgan fingerprint density at radius 1 is 0.339 bits per heavy atom. The zero-order chi connectivity index (χ0) is 45.1. The quantitative estimate of drug-likeness (QED) is 0.0263. The Morgan fingerprint density at radius 2 is 0.661 bits per heavy atom. The van der Waals surface area contributed by atoms with Crippen LogP contribution in [-0.2, 0) is 28.6 Å². The molecule has 0 bridgehead atoms. The van der Waals surface area contributed by atoms with Crippen molar-refractivity contribution in [3.05, 3.63) is 85.1 Å². The van der Waals surface area contributed by atoms with Gasteiger partial charge in [-0.3, -0.25) is 14.4 Å². The molecule has 0 aliphatic heterocycles. The van der Waals surface area contributed by atoms with Gasteiger partial charge in [0.25, 0.3) is 0 Å². The lowest BCUT2D eigenvalue weighted by Gasteiger charge is -2.18. The largest absolute Gasteiger partial charge is 0.462 e. The van der Waals surface area contributed by atoms with Gasteiger partial charge in [-0.25, -0.2) is 0 Å². The minimum Gasteiger partial charge on any atom is -0.462 e. The minimum absolute atomic E-state index is 0.102. The van der Waals surface area contributed by atoms with Crippen LogP contribution >= 0.6 is 0 Å². The summed E-state index contributed by atoms with van der Waals surface area (Å²) in [6.07, 6.45) is 64.3. The maximum absolute atomic E-state index is 12.8. The van der Waals surface area contributed by atoms with Gasteiger partial charge in [-0.1, -0.05) is 196 Å². The molecule has 0 radical (unpaired) electrons. The molecule has 0 aliphatic carbocycles. The van der Waals surface area contributed by atoms with Crippen LogP contribution in [0.1, 0.15) is 233 Å². The summed E-state index contributed by atoms with van der Waals surface area (Å²) < 4.78 is 16.7. The van der Waals surface area contributed by atoms with Crippen LogP contribution in [-0.4, -0.2) is 37.2 Å². The van der Waals surface area contributed by atoms with Gasteiger partial charge in [0.1, 0.15) is 13.2 Å². The number of hydrogen-bond acceptors (Lipinski definition) is 6. The molecule has 1 unspecified atom stereocenters. The van der Waals surface area contributed by atoms with Crippen LogP contribution in [0, 0.1) is 0 Å². The van der Waals surface area contributed by atoms with E-state index in [-0.39, 0.29) is 37.5 Å². The van der Waals surface area contributed by atoms with Crippen molar-refractivity contribution in [1.29, 1.82) is 0 Å². The van der Waals surface area contributed by atoms with Crippen molar-refractivity contribution >= 4 is 17.9 Å². The number of carbonyl (C=O) groups is 3. The summed E-state index contributed by atoms with van der Waals surface area (Å²) in [6.45, 7) is 6.41. The molecule has 6 nitrogen and oxygen atoms in total. The molecule has 0 aromatic heterocycles. The standard InChI is InChI=1S/C56H94O6/c1-4-7-10-13-16-19-22-24-26-28-30-31-34-37-40-43-46-49-55(58)61-52-53(51-60-54(57)48-45-42-39-36-33-21-18-15-12-9-6-3)62-56(59)50-47-44-41-38-35-32-29-27-25-23-20-17-14-11-8-5-2/h7,10,15-16,18-19,24,26-27,29-31,37,40,53H,4-6,8-9,11-14,17,20-23,25,28,32-36,38-39,41-52H2,1-3H3/b10-7-,18-15-,19-16-,26-24-,29-27-,31-30-,40-37-. The smallest absolute Gasteiger partial charge is 0.306 e. The summed E-state index contributed by atoms with van der Waals surface area (Å²) in [7, 11) is 0. The van der Waals surface area contributed by atoms with Crippen molar-refractivity contribution in [2.45, 2.75) is 239 Å². The molecule has 0 spiro atoms. The van der Waals surface area contributed by atoms with Crippen molar-refractivity contribution in [3.8, 4) is 0 Å². The number of hydrogen-bond donors (Lipinski definition) is 0. The third kappa shape index (κ3) is 47.6. The first-order valence-corrected chi connectivity index (χ1v) is 25.6. The third-order valence-corrected chi connectivity index (χ3v) is 10.6. The molecular formula is C56H94O6. The topological polar surface area (TPSA) is 78.9 Å². The van der Waals surface area contributed by atoms with E-state index in [1.54, 1.807) is 0 Å². The first kappa shape index (κ1) is 58.6. The second kappa shape index (κ2) is 50.2.